The van der Waals surface area contributed by atoms with E-state index in [0.717, 1.165) is 68.0 Å². The summed E-state index contributed by atoms with van der Waals surface area (Å²) in [5.41, 5.74) is 11.2. The highest BCUT2D eigenvalue weighted by molar-refractivity contribution is 5.65. The van der Waals surface area contributed by atoms with Crippen LogP contribution >= 0.6 is 0 Å². The van der Waals surface area contributed by atoms with Crippen molar-refractivity contribution in [1.29, 1.82) is 0 Å². The van der Waals surface area contributed by atoms with E-state index in [-0.39, 0.29) is 0 Å². The molecule has 0 fully saturated rings. The van der Waals surface area contributed by atoms with Crippen LogP contribution in [0.1, 0.15) is 0 Å². The van der Waals surface area contributed by atoms with Crippen LogP contribution in [0.15, 0.2) is 256 Å². The van der Waals surface area contributed by atoms with E-state index in [4.69, 9.17) is 9.47 Å². The topological polar surface area (TPSA) is 34.0 Å². The van der Waals surface area contributed by atoms with Gasteiger partial charge in [-0.1, -0.05) is 60.7 Å². The molecule has 0 bridgehead atoms. The van der Waals surface area contributed by atoms with Gasteiger partial charge in [-0.05, 0) is 81.9 Å². The highest BCUT2D eigenvalue weighted by Crippen LogP contribution is 2.29. The zero-order valence-corrected chi connectivity index (χ0v) is 33.9. The van der Waals surface area contributed by atoms with Crippen LogP contribution in [-0.4, -0.2) is 0 Å². The summed E-state index contributed by atoms with van der Waals surface area (Å²) < 4.78 is 20.9. The van der Waals surface area contributed by atoms with Gasteiger partial charge in [-0.25, -0.2) is 0 Å². The Bertz CT molecular complexity index is 2800. The lowest BCUT2D eigenvalue weighted by atomic mass is 10.1. The maximum Gasteiger partial charge on any atom is 0.210 e. The molecule has 0 saturated heterocycles. The molecule has 0 N–H and O–H groups in total. The van der Waals surface area contributed by atoms with Gasteiger partial charge in [0, 0.05) is 97.1 Å². The maximum absolute atomic E-state index is 6.21. The van der Waals surface area contributed by atoms with E-state index in [9.17, 15) is 0 Å². The van der Waals surface area contributed by atoms with E-state index in [2.05, 4.69) is 189 Å². The normalized spacial score (nSPS) is 10.9. The van der Waals surface area contributed by atoms with Crippen LogP contribution in [0.5, 0.6) is 23.0 Å². The van der Waals surface area contributed by atoms with Crippen LogP contribution < -0.4 is 27.7 Å². The van der Waals surface area contributed by atoms with Crippen LogP contribution in [0.25, 0.3) is 56.1 Å². The van der Waals surface area contributed by atoms with Gasteiger partial charge in [0.2, 0.25) is 22.7 Å². The van der Waals surface area contributed by atoms with Crippen molar-refractivity contribution in [3.8, 4) is 79.1 Å². The Morgan fingerprint density at radius 2 is 0.403 bits per heavy atom. The van der Waals surface area contributed by atoms with Gasteiger partial charge in [-0.3, -0.25) is 0 Å². The molecule has 0 aliphatic heterocycles. The molecule has 0 spiro atoms. The summed E-state index contributed by atoms with van der Waals surface area (Å²) in [5, 5.41) is 0. The first-order valence-corrected chi connectivity index (χ1v) is 20.6. The van der Waals surface area contributed by atoms with Gasteiger partial charge in [0.25, 0.3) is 0 Å². The Kier molecular flexibility index (Phi) is 10.6. The molecule has 0 unspecified atom stereocenters. The number of rotatable bonds is 11. The molecule has 0 aliphatic rings. The fourth-order valence-corrected chi connectivity index (χ4v) is 7.44. The highest BCUT2D eigenvalue weighted by atomic mass is 16.5. The molecule has 294 valence electrons. The number of pyridine rings is 4. The predicted octanol–water partition coefficient (Wildman–Crippen LogP) is 11.4. The van der Waals surface area contributed by atoms with E-state index in [1.54, 1.807) is 0 Å². The minimum atomic E-state index is 0.778. The summed E-state index contributed by atoms with van der Waals surface area (Å²) in [7, 11) is 0. The Morgan fingerprint density at radius 3 is 0.661 bits per heavy atom. The summed E-state index contributed by atoms with van der Waals surface area (Å²) in [6.07, 6.45) is 16.7. The van der Waals surface area contributed by atoms with Gasteiger partial charge in [0.15, 0.2) is 49.6 Å². The van der Waals surface area contributed by atoms with Crippen LogP contribution in [0.2, 0.25) is 0 Å². The van der Waals surface area contributed by atoms with Crippen molar-refractivity contribution in [2.45, 2.75) is 0 Å². The summed E-state index contributed by atoms with van der Waals surface area (Å²) in [6, 6.07) is 70.4. The predicted molar refractivity (Wildman–Crippen MR) is 242 cm³/mol. The van der Waals surface area contributed by atoms with E-state index in [0.29, 0.717) is 0 Å². The molecule has 10 aromatic rings. The molecular formula is C56H42N4O2+4. The molecule has 6 heteroatoms. The van der Waals surface area contributed by atoms with E-state index in [1.807, 2.05) is 84.9 Å². The molecule has 0 saturated carbocycles. The minimum absolute atomic E-state index is 0.778. The average Bonchev–Trinajstić information content (AvgIpc) is 3.36. The number of hydrogen-bond donors (Lipinski definition) is 0. The van der Waals surface area contributed by atoms with Crippen molar-refractivity contribution in [3.05, 3.63) is 256 Å². The number of benzene rings is 6. The zero-order chi connectivity index (χ0) is 41.5. The molecule has 6 nitrogen and oxygen atoms in total. The van der Waals surface area contributed by atoms with Gasteiger partial charge in [0.1, 0.15) is 23.0 Å². The summed E-state index contributed by atoms with van der Waals surface area (Å²) in [5.74, 6) is 3.11. The lowest BCUT2D eigenvalue weighted by Crippen LogP contribution is -2.29. The smallest absolute Gasteiger partial charge is 0.210 e. The van der Waals surface area contributed by atoms with Gasteiger partial charge in [-0.15, -0.1) is 0 Å². The second kappa shape index (κ2) is 17.4. The lowest BCUT2D eigenvalue weighted by molar-refractivity contribution is -0.596. The van der Waals surface area contributed by atoms with Gasteiger partial charge in [-0.2, -0.15) is 18.3 Å². The molecular weight excluding hydrogens is 761 g/mol. The standard InChI is InChI=1S/C56H42N4O2/c1-3-7-49(8-4-1)57-35-27-45(28-36-57)47-31-39-59(40-32-47)51-15-23-55(24-16-51)61-53-19-11-43(12-20-53)44-13-21-54(22-14-44)62-56-25-17-52(18-26-56)60-41-33-48(34-42-60)46-29-37-58(38-30-46)50-9-5-2-6-10-50/h1-42H/q+4. The minimum Gasteiger partial charge on any atom is -0.457 e. The maximum atomic E-state index is 6.21. The quantitative estimate of drug-likeness (QED) is 0.122. The molecule has 0 aliphatic carbocycles. The SMILES string of the molecule is c1ccc(-[n+]2ccc(-c3cc[n+](-c4ccc(Oc5ccc(-c6ccc(Oc7ccc(-[n+]8ccc(-c9cc[n+](-c%10ccccc%10)cc9)cc8)cc7)cc6)cc5)cc4)cc3)cc2)cc1. The van der Waals surface area contributed by atoms with Gasteiger partial charge in [0.05, 0.1) is 0 Å². The van der Waals surface area contributed by atoms with Crippen molar-refractivity contribution >= 4 is 0 Å². The van der Waals surface area contributed by atoms with E-state index >= 15 is 0 Å². The third kappa shape index (κ3) is 8.62. The fourth-order valence-electron chi connectivity index (χ4n) is 7.44. The first kappa shape index (κ1) is 37.8. The van der Waals surface area contributed by atoms with Crippen LogP contribution in [0.3, 0.4) is 0 Å². The number of hydrogen-bond acceptors (Lipinski definition) is 2. The summed E-state index contributed by atoms with van der Waals surface area (Å²) in [4.78, 5) is 0. The van der Waals surface area contributed by atoms with E-state index < -0.39 is 0 Å². The van der Waals surface area contributed by atoms with Crippen LogP contribution in [0, 0.1) is 0 Å². The van der Waals surface area contributed by atoms with Crippen LogP contribution in [-0.2, 0) is 0 Å². The van der Waals surface area contributed by atoms with Crippen molar-refractivity contribution in [3.63, 3.8) is 0 Å². The van der Waals surface area contributed by atoms with Gasteiger partial charge >= 0.3 is 0 Å². The third-order valence-corrected chi connectivity index (χ3v) is 10.9. The highest BCUT2D eigenvalue weighted by Gasteiger charge is 2.12. The molecule has 0 atom stereocenters. The number of para-hydroxylation sites is 2. The Morgan fingerprint density at radius 1 is 0.194 bits per heavy atom. The molecule has 10 rings (SSSR count). The Balaban J connectivity index is 0.716. The van der Waals surface area contributed by atoms with Crippen molar-refractivity contribution in [2.75, 3.05) is 0 Å². The molecule has 4 aromatic heterocycles. The van der Waals surface area contributed by atoms with Crippen molar-refractivity contribution in [1.82, 2.24) is 0 Å². The average molecular weight is 803 g/mol. The third-order valence-electron chi connectivity index (χ3n) is 10.9. The molecule has 0 amide bonds. The molecule has 6 aromatic carbocycles. The molecule has 4 heterocycles. The molecule has 0 radical (unpaired) electrons. The molecule has 62 heavy (non-hydrogen) atoms. The van der Waals surface area contributed by atoms with E-state index in [1.165, 1.54) is 11.1 Å². The van der Waals surface area contributed by atoms with Crippen molar-refractivity contribution in [2.24, 2.45) is 0 Å². The zero-order valence-electron chi connectivity index (χ0n) is 33.9. The Hall–Kier alpha value is -8.48. The Labute approximate surface area is 361 Å². The number of ether oxygens (including phenoxy) is 2. The second-order valence-corrected chi connectivity index (χ2v) is 14.9. The monoisotopic (exact) mass is 802 g/mol. The first-order chi connectivity index (χ1) is 30.7. The lowest BCUT2D eigenvalue weighted by Gasteiger charge is -2.09. The number of aromatic nitrogens is 4. The van der Waals surface area contributed by atoms with Crippen LogP contribution in [0.4, 0.5) is 0 Å². The summed E-state index contributed by atoms with van der Waals surface area (Å²) in [6.45, 7) is 0. The van der Waals surface area contributed by atoms with Crippen molar-refractivity contribution < 1.29 is 27.7 Å². The van der Waals surface area contributed by atoms with Gasteiger partial charge < -0.3 is 9.47 Å². The second-order valence-electron chi connectivity index (χ2n) is 14.9. The first-order valence-electron chi connectivity index (χ1n) is 20.6. The largest absolute Gasteiger partial charge is 0.457 e. The fraction of sp³-hybridized carbons (Fsp3) is 0. The number of nitrogens with zero attached hydrogens (tertiary/aromatic N) is 4. The summed E-state index contributed by atoms with van der Waals surface area (Å²) >= 11 is 0.